The molecule has 0 aliphatic rings. The van der Waals surface area contributed by atoms with Gasteiger partial charge in [0.2, 0.25) is 5.91 Å². The second-order valence-electron chi connectivity index (χ2n) is 5.23. The molecule has 0 saturated heterocycles. The highest BCUT2D eigenvalue weighted by molar-refractivity contribution is 7.92. The molecule has 2 aromatic rings. The topological polar surface area (TPSA) is 98.5 Å². The van der Waals surface area contributed by atoms with Crippen LogP contribution in [0.5, 0.6) is 5.75 Å². The number of nitrogens with zero attached hydrogens (tertiary/aromatic N) is 1. The number of hydrogen-bond donors (Lipinski definition) is 1. The number of aromatic nitrogens is 1. The van der Waals surface area contributed by atoms with Crippen molar-refractivity contribution in [1.29, 1.82) is 0 Å². The lowest BCUT2D eigenvalue weighted by molar-refractivity contribution is -0.115. The maximum Gasteiger partial charge on any atom is 0.243 e. The van der Waals surface area contributed by atoms with Gasteiger partial charge in [-0.2, -0.15) is 0 Å². The van der Waals surface area contributed by atoms with Gasteiger partial charge in [-0.05, 0) is 31.5 Å². The van der Waals surface area contributed by atoms with E-state index in [-0.39, 0.29) is 17.1 Å². The molecule has 7 nitrogen and oxygen atoms in total. The van der Waals surface area contributed by atoms with Gasteiger partial charge in [-0.1, -0.05) is 11.2 Å². The minimum atomic E-state index is -3.84. The Morgan fingerprint density at radius 2 is 2.12 bits per heavy atom. The van der Waals surface area contributed by atoms with Crippen LogP contribution >= 0.6 is 0 Å². The fourth-order valence-electron chi connectivity index (χ4n) is 1.97. The lowest BCUT2D eigenvalue weighted by Crippen LogP contribution is -2.33. The fourth-order valence-corrected chi connectivity index (χ4v) is 3.25. The predicted octanol–water partition coefficient (Wildman–Crippen LogP) is 2.07. The van der Waals surface area contributed by atoms with Gasteiger partial charge in [0.1, 0.15) is 11.0 Å². The van der Waals surface area contributed by atoms with E-state index in [2.05, 4.69) is 10.5 Å². The molecule has 0 radical (unpaired) electrons. The SMILES string of the molecule is COc1ccc(CS(=O)(=O)C(C)C(=O)Nc2cc(C)on2)cc1F. The second kappa shape index (κ2) is 7.00. The third-order valence-electron chi connectivity index (χ3n) is 3.37. The van der Waals surface area contributed by atoms with Gasteiger partial charge in [0.25, 0.3) is 0 Å². The van der Waals surface area contributed by atoms with Crippen LogP contribution in [0.4, 0.5) is 10.2 Å². The molecular weight excluding hydrogens is 339 g/mol. The Hall–Kier alpha value is -2.42. The average Bonchev–Trinajstić information content (AvgIpc) is 2.91. The van der Waals surface area contributed by atoms with E-state index in [0.29, 0.717) is 5.76 Å². The molecule has 0 fully saturated rings. The summed E-state index contributed by atoms with van der Waals surface area (Å²) in [4.78, 5) is 12.1. The van der Waals surface area contributed by atoms with Gasteiger partial charge in [-0.15, -0.1) is 0 Å². The molecule has 9 heteroatoms. The smallest absolute Gasteiger partial charge is 0.243 e. The molecule has 1 atom stereocenters. The van der Waals surface area contributed by atoms with Gasteiger partial charge in [-0.25, -0.2) is 12.8 Å². The molecule has 0 bridgehead atoms. The molecule has 1 aromatic carbocycles. The van der Waals surface area contributed by atoms with Crippen LogP contribution in [-0.4, -0.2) is 31.8 Å². The number of anilines is 1. The number of rotatable bonds is 6. The summed E-state index contributed by atoms with van der Waals surface area (Å²) in [5, 5.41) is 4.60. The van der Waals surface area contributed by atoms with E-state index in [1.807, 2.05) is 0 Å². The molecule has 130 valence electrons. The molecule has 0 aliphatic heterocycles. The maximum absolute atomic E-state index is 13.7. The third kappa shape index (κ3) is 4.10. The molecule has 1 N–H and O–H groups in total. The van der Waals surface area contributed by atoms with Crippen LogP contribution in [0.25, 0.3) is 0 Å². The standard InChI is InChI=1S/C15H17FN2O5S/c1-9-6-14(18-23-9)17-15(19)10(2)24(20,21)8-11-4-5-13(22-3)12(16)7-11/h4-7,10H,8H2,1-3H3,(H,17,18,19). The predicted molar refractivity (Wildman–Crippen MR) is 84.9 cm³/mol. The number of methoxy groups -OCH3 is 1. The van der Waals surface area contributed by atoms with E-state index >= 15 is 0 Å². The first kappa shape index (κ1) is 17.9. The second-order valence-corrected chi connectivity index (χ2v) is 7.55. The van der Waals surface area contributed by atoms with Gasteiger partial charge in [0.05, 0.1) is 12.9 Å². The van der Waals surface area contributed by atoms with Crippen molar-refractivity contribution >= 4 is 21.6 Å². The highest BCUT2D eigenvalue weighted by Gasteiger charge is 2.29. The first-order chi connectivity index (χ1) is 11.2. The largest absolute Gasteiger partial charge is 0.494 e. The Bertz CT molecular complexity index is 847. The number of sulfone groups is 1. The highest BCUT2D eigenvalue weighted by atomic mass is 32.2. The summed E-state index contributed by atoms with van der Waals surface area (Å²) in [5.74, 6) is -1.24. The Labute approximate surface area is 138 Å². The van der Waals surface area contributed by atoms with Crippen molar-refractivity contribution < 1.29 is 26.9 Å². The molecular formula is C15H17FN2O5S. The first-order valence-electron chi connectivity index (χ1n) is 7.01. The molecule has 1 aromatic heterocycles. The number of halogens is 1. The summed E-state index contributed by atoms with van der Waals surface area (Å²) in [6, 6.07) is 5.31. The summed E-state index contributed by atoms with van der Waals surface area (Å²) in [6.45, 7) is 2.90. The Morgan fingerprint density at radius 3 is 2.67 bits per heavy atom. The van der Waals surface area contributed by atoms with E-state index in [0.717, 1.165) is 6.07 Å². The Morgan fingerprint density at radius 1 is 1.42 bits per heavy atom. The van der Waals surface area contributed by atoms with E-state index in [1.165, 1.54) is 32.2 Å². The maximum atomic E-state index is 13.7. The summed E-state index contributed by atoms with van der Waals surface area (Å²) < 4.78 is 47.9. The zero-order valence-corrected chi connectivity index (χ0v) is 14.2. The van der Waals surface area contributed by atoms with Gasteiger partial charge in [0.15, 0.2) is 27.2 Å². The lowest BCUT2D eigenvalue weighted by atomic mass is 10.2. The number of ether oxygens (including phenoxy) is 1. The van der Waals surface area contributed by atoms with Gasteiger partial charge in [0, 0.05) is 6.07 Å². The fraction of sp³-hybridized carbons (Fsp3) is 0.333. The number of carbonyl (C=O) groups is 1. The molecule has 24 heavy (non-hydrogen) atoms. The summed E-state index contributed by atoms with van der Waals surface area (Å²) in [6.07, 6.45) is 0. The number of hydrogen-bond acceptors (Lipinski definition) is 6. The van der Waals surface area contributed by atoms with Crippen molar-refractivity contribution in [3.05, 3.63) is 41.4 Å². The van der Waals surface area contributed by atoms with Gasteiger partial charge in [-0.3, -0.25) is 4.79 Å². The zero-order valence-electron chi connectivity index (χ0n) is 13.4. The van der Waals surface area contributed by atoms with Crippen LogP contribution in [0.1, 0.15) is 18.2 Å². The molecule has 0 aliphatic carbocycles. The first-order valence-corrected chi connectivity index (χ1v) is 8.72. The highest BCUT2D eigenvalue weighted by Crippen LogP contribution is 2.20. The number of benzene rings is 1. The van der Waals surface area contributed by atoms with Crippen LogP contribution in [0.15, 0.2) is 28.8 Å². The summed E-state index contributed by atoms with van der Waals surface area (Å²) >= 11 is 0. The van der Waals surface area contributed by atoms with Crippen molar-refractivity contribution in [2.24, 2.45) is 0 Å². The van der Waals surface area contributed by atoms with E-state index < -0.39 is 32.6 Å². The van der Waals surface area contributed by atoms with Crippen LogP contribution in [0, 0.1) is 12.7 Å². The lowest BCUT2D eigenvalue weighted by Gasteiger charge is -2.12. The average molecular weight is 356 g/mol. The number of amides is 1. The monoisotopic (exact) mass is 356 g/mol. The molecule has 1 heterocycles. The number of carbonyl (C=O) groups excluding carboxylic acids is 1. The van der Waals surface area contributed by atoms with Crippen molar-refractivity contribution in [1.82, 2.24) is 5.16 Å². The number of nitrogens with one attached hydrogen (secondary N) is 1. The number of aryl methyl sites for hydroxylation is 1. The van der Waals surface area contributed by atoms with Crippen LogP contribution in [0.2, 0.25) is 0 Å². The quantitative estimate of drug-likeness (QED) is 0.851. The van der Waals surface area contributed by atoms with Crippen molar-refractivity contribution in [3.8, 4) is 5.75 Å². The summed E-state index contributed by atoms with van der Waals surface area (Å²) in [7, 11) is -2.53. The van der Waals surface area contributed by atoms with Gasteiger partial charge >= 0.3 is 0 Å². The minimum Gasteiger partial charge on any atom is -0.494 e. The molecule has 1 amide bonds. The van der Waals surface area contributed by atoms with Crippen LogP contribution in [-0.2, 0) is 20.4 Å². The van der Waals surface area contributed by atoms with Gasteiger partial charge < -0.3 is 14.6 Å². The zero-order chi connectivity index (χ0) is 17.9. The van der Waals surface area contributed by atoms with Crippen LogP contribution < -0.4 is 10.1 Å². The Balaban J connectivity index is 2.11. The van der Waals surface area contributed by atoms with E-state index in [1.54, 1.807) is 6.92 Å². The van der Waals surface area contributed by atoms with Crippen molar-refractivity contribution in [2.75, 3.05) is 12.4 Å². The summed E-state index contributed by atoms with van der Waals surface area (Å²) in [5.41, 5.74) is 0.227. The minimum absolute atomic E-state index is 0.0170. The van der Waals surface area contributed by atoms with E-state index in [4.69, 9.17) is 9.26 Å². The molecule has 0 saturated carbocycles. The van der Waals surface area contributed by atoms with Crippen molar-refractivity contribution in [3.63, 3.8) is 0 Å². The Kier molecular flexibility index (Phi) is 5.23. The third-order valence-corrected chi connectivity index (χ3v) is 5.40. The van der Waals surface area contributed by atoms with Crippen molar-refractivity contribution in [2.45, 2.75) is 24.9 Å². The van der Waals surface area contributed by atoms with Crippen LogP contribution in [0.3, 0.4) is 0 Å². The molecule has 2 rings (SSSR count). The normalized spacial score (nSPS) is 12.7. The molecule has 1 unspecified atom stereocenters. The molecule has 0 spiro atoms. The van der Waals surface area contributed by atoms with E-state index in [9.17, 15) is 17.6 Å².